The number of rotatable bonds is 2. The molecule has 2 N–H and O–H groups in total. The van der Waals surface area contributed by atoms with Crippen LogP contribution < -0.4 is 15.4 Å². The summed E-state index contributed by atoms with van der Waals surface area (Å²) in [5, 5.41) is 0. The van der Waals surface area contributed by atoms with Gasteiger partial charge in [-0.2, -0.15) is 0 Å². The largest absolute Gasteiger partial charge is 0.490 e. The molecular formula is C12H20N4O. The van der Waals surface area contributed by atoms with Gasteiger partial charge in [0.15, 0.2) is 11.6 Å². The standard InChI is InChI=1S/C12H20N4O/c1-12(2)4-6-16(7-5-12)11-9(17-3)10(13)14-8-15-11/h8H,4-7H2,1-3H3,(H2,13,14,15). The van der Waals surface area contributed by atoms with Crippen LogP contribution in [0, 0.1) is 5.41 Å². The fourth-order valence-electron chi connectivity index (χ4n) is 2.12. The predicted molar refractivity (Wildman–Crippen MR) is 68.2 cm³/mol. The van der Waals surface area contributed by atoms with E-state index in [0.29, 0.717) is 17.0 Å². The molecule has 0 unspecified atom stereocenters. The lowest BCUT2D eigenvalue weighted by Gasteiger charge is -2.37. The van der Waals surface area contributed by atoms with Gasteiger partial charge in [0, 0.05) is 13.1 Å². The van der Waals surface area contributed by atoms with Crippen molar-refractivity contribution in [3.63, 3.8) is 0 Å². The Bertz CT molecular complexity index is 395. The summed E-state index contributed by atoms with van der Waals surface area (Å²) in [5.41, 5.74) is 6.21. The van der Waals surface area contributed by atoms with Crippen molar-refractivity contribution in [2.24, 2.45) is 5.41 Å². The molecule has 0 saturated carbocycles. The van der Waals surface area contributed by atoms with E-state index in [2.05, 4.69) is 28.7 Å². The number of nitrogen functional groups attached to an aromatic ring is 1. The number of anilines is 2. The summed E-state index contributed by atoms with van der Waals surface area (Å²) in [6.45, 7) is 6.57. The third-order valence-electron chi connectivity index (χ3n) is 3.43. The van der Waals surface area contributed by atoms with Gasteiger partial charge in [-0.1, -0.05) is 13.8 Å². The fraction of sp³-hybridized carbons (Fsp3) is 0.667. The zero-order chi connectivity index (χ0) is 12.5. The van der Waals surface area contributed by atoms with Crippen LogP contribution in [0.15, 0.2) is 6.33 Å². The molecule has 1 aliphatic heterocycles. The molecule has 0 bridgehead atoms. The minimum atomic E-state index is 0.405. The quantitative estimate of drug-likeness (QED) is 0.846. The Balaban J connectivity index is 2.21. The van der Waals surface area contributed by atoms with Crippen molar-refractivity contribution < 1.29 is 4.74 Å². The first-order valence-corrected chi connectivity index (χ1v) is 5.93. The number of piperidine rings is 1. The van der Waals surface area contributed by atoms with Crippen LogP contribution in [0.1, 0.15) is 26.7 Å². The highest BCUT2D eigenvalue weighted by Crippen LogP contribution is 2.36. The van der Waals surface area contributed by atoms with Gasteiger partial charge >= 0.3 is 0 Å². The first-order valence-electron chi connectivity index (χ1n) is 5.93. The number of hydrogen-bond donors (Lipinski definition) is 1. The van der Waals surface area contributed by atoms with E-state index in [-0.39, 0.29) is 0 Å². The molecule has 2 rings (SSSR count). The summed E-state index contributed by atoms with van der Waals surface area (Å²) in [5.74, 6) is 1.81. The molecule has 1 saturated heterocycles. The molecule has 1 aromatic heterocycles. The average molecular weight is 236 g/mol. The van der Waals surface area contributed by atoms with E-state index in [4.69, 9.17) is 10.5 Å². The van der Waals surface area contributed by atoms with Gasteiger partial charge in [0.2, 0.25) is 5.75 Å². The summed E-state index contributed by atoms with van der Waals surface area (Å²) in [7, 11) is 1.60. The predicted octanol–water partition coefficient (Wildman–Crippen LogP) is 1.69. The van der Waals surface area contributed by atoms with Gasteiger partial charge in [-0.05, 0) is 18.3 Å². The van der Waals surface area contributed by atoms with Gasteiger partial charge in [0.25, 0.3) is 0 Å². The molecule has 1 aliphatic rings. The number of ether oxygens (including phenoxy) is 1. The van der Waals surface area contributed by atoms with Crippen molar-refractivity contribution in [1.82, 2.24) is 9.97 Å². The van der Waals surface area contributed by atoms with Crippen LogP contribution in [-0.2, 0) is 0 Å². The third-order valence-corrected chi connectivity index (χ3v) is 3.43. The van der Waals surface area contributed by atoms with E-state index in [1.807, 2.05) is 0 Å². The molecule has 17 heavy (non-hydrogen) atoms. The molecule has 0 radical (unpaired) electrons. The van der Waals surface area contributed by atoms with E-state index >= 15 is 0 Å². The first kappa shape index (κ1) is 12.0. The van der Waals surface area contributed by atoms with Gasteiger partial charge in [-0.25, -0.2) is 9.97 Å². The summed E-state index contributed by atoms with van der Waals surface area (Å²) in [6, 6.07) is 0. The minimum Gasteiger partial charge on any atom is -0.490 e. The normalized spacial score (nSPS) is 19.1. The van der Waals surface area contributed by atoms with E-state index in [0.717, 1.165) is 31.7 Å². The zero-order valence-electron chi connectivity index (χ0n) is 10.7. The topological polar surface area (TPSA) is 64.3 Å². The second-order valence-electron chi connectivity index (χ2n) is 5.27. The molecule has 1 aromatic rings. The highest BCUT2D eigenvalue weighted by Gasteiger charge is 2.27. The average Bonchev–Trinajstić information content (AvgIpc) is 2.29. The Kier molecular flexibility index (Phi) is 3.09. The Morgan fingerprint density at radius 2 is 1.94 bits per heavy atom. The van der Waals surface area contributed by atoms with Gasteiger partial charge in [-0.3, -0.25) is 0 Å². The van der Waals surface area contributed by atoms with Crippen molar-refractivity contribution in [3.05, 3.63) is 6.33 Å². The van der Waals surface area contributed by atoms with Crippen LogP contribution in [-0.4, -0.2) is 30.2 Å². The van der Waals surface area contributed by atoms with Crippen molar-refractivity contribution in [3.8, 4) is 5.75 Å². The Labute approximate surface area is 102 Å². The number of nitrogens with zero attached hydrogens (tertiary/aromatic N) is 3. The van der Waals surface area contributed by atoms with Gasteiger partial charge in [-0.15, -0.1) is 0 Å². The van der Waals surface area contributed by atoms with Gasteiger partial charge in [0.05, 0.1) is 7.11 Å². The Hall–Kier alpha value is -1.52. The van der Waals surface area contributed by atoms with Crippen molar-refractivity contribution in [1.29, 1.82) is 0 Å². The summed E-state index contributed by atoms with van der Waals surface area (Å²) in [4.78, 5) is 10.5. The number of methoxy groups -OCH3 is 1. The van der Waals surface area contributed by atoms with E-state index in [9.17, 15) is 0 Å². The van der Waals surface area contributed by atoms with E-state index < -0.39 is 0 Å². The molecule has 94 valence electrons. The maximum Gasteiger partial charge on any atom is 0.204 e. The molecule has 0 amide bonds. The second kappa shape index (κ2) is 4.39. The van der Waals surface area contributed by atoms with Crippen LogP contribution in [0.4, 0.5) is 11.6 Å². The molecular weight excluding hydrogens is 216 g/mol. The smallest absolute Gasteiger partial charge is 0.204 e. The summed E-state index contributed by atoms with van der Waals surface area (Å²) in [6.07, 6.45) is 3.80. The van der Waals surface area contributed by atoms with Crippen LogP contribution in [0.5, 0.6) is 5.75 Å². The minimum absolute atomic E-state index is 0.405. The molecule has 0 aliphatic carbocycles. The molecule has 5 heteroatoms. The maximum atomic E-state index is 5.79. The lowest BCUT2D eigenvalue weighted by Crippen LogP contribution is -2.38. The van der Waals surface area contributed by atoms with E-state index in [1.54, 1.807) is 7.11 Å². The molecule has 2 heterocycles. The SMILES string of the molecule is COc1c(N)ncnc1N1CCC(C)(C)CC1. The Morgan fingerprint density at radius 3 is 2.53 bits per heavy atom. The molecule has 0 aromatic carbocycles. The van der Waals surface area contributed by atoms with Crippen LogP contribution in [0.3, 0.4) is 0 Å². The molecule has 0 spiro atoms. The molecule has 5 nitrogen and oxygen atoms in total. The molecule has 1 fully saturated rings. The van der Waals surface area contributed by atoms with Crippen LogP contribution in [0.25, 0.3) is 0 Å². The third kappa shape index (κ3) is 2.43. The number of nitrogens with two attached hydrogens (primary N) is 1. The summed E-state index contributed by atoms with van der Waals surface area (Å²) < 4.78 is 5.29. The highest BCUT2D eigenvalue weighted by atomic mass is 16.5. The Morgan fingerprint density at radius 1 is 1.29 bits per heavy atom. The monoisotopic (exact) mass is 236 g/mol. The summed E-state index contributed by atoms with van der Waals surface area (Å²) >= 11 is 0. The lowest BCUT2D eigenvalue weighted by molar-refractivity contribution is 0.277. The zero-order valence-corrected chi connectivity index (χ0v) is 10.7. The van der Waals surface area contributed by atoms with Gasteiger partial charge in [0.1, 0.15) is 6.33 Å². The number of hydrogen-bond acceptors (Lipinski definition) is 5. The fourth-order valence-corrected chi connectivity index (χ4v) is 2.12. The lowest BCUT2D eigenvalue weighted by atomic mass is 9.83. The highest BCUT2D eigenvalue weighted by molar-refractivity contribution is 5.62. The van der Waals surface area contributed by atoms with Crippen molar-refractivity contribution >= 4 is 11.6 Å². The van der Waals surface area contributed by atoms with Crippen molar-refractivity contribution in [2.75, 3.05) is 30.8 Å². The maximum absolute atomic E-state index is 5.79. The first-order chi connectivity index (χ1) is 8.03. The second-order valence-corrected chi connectivity index (χ2v) is 5.27. The van der Waals surface area contributed by atoms with Gasteiger partial charge < -0.3 is 15.4 Å². The van der Waals surface area contributed by atoms with E-state index in [1.165, 1.54) is 6.33 Å². The van der Waals surface area contributed by atoms with Crippen LogP contribution in [0.2, 0.25) is 0 Å². The van der Waals surface area contributed by atoms with Crippen LogP contribution >= 0.6 is 0 Å². The van der Waals surface area contributed by atoms with Crippen molar-refractivity contribution in [2.45, 2.75) is 26.7 Å². The number of aromatic nitrogens is 2. The molecule has 0 atom stereocenters.